The van der Waals surface area contributed by atoms with E-state index in [-0.39, 0.29) is 5.82 Å². The van der Waals surface area contributed by atoms with Gasteiger partial charge in [0.05, 0.1) is 12.7 Å². The first-order valence-electron chi connectivity index (χ1n) is 10.4. The molecule has 0 unspecified atom stereocenters. The molecule has 162 valence electrons. The highest BCUT2D eigenvalue weighted by Crippen LogP contribution is 2.36. The molecule has 0 fully saturated rings. The van der Waals surface area contributed by atoms with Crippen LogP contribution in [0.3, 0.4) is 0 Å². The maximum absolute atomic E-state index is 13.1. The van der Waals surface area contributed by atoms with Crippen LogP contribution in [0.5, 0.6) is 11.5 Å². The minimum atomic E-state index is -0.403. The Bertz CT molecular complexity index is 1310. The molecule has 0 radical (unpaired) electrons. The SMILES string of the molecule is COc1ccc(-c2cc(=O)oc3c4c(ccc23)OCN(CCc2ccc(F)cc2)C4)cc1. The van der Waals surface area contributed by atoms with Gasteiger partial charge >= 0.3 is 5.63 Å². The van der Waals surface area contributed by atoms with Crippen molar-refractivity contribution in [2.24, 2.45) is 0 Å². The van der Waals surface area contributed by atoms with Crippen LogP contribution in [-0.2, 0) is 13.0 Å². The van der Waals surface area contributed by atoms with Crippen molar-refractivity contribution < 1.29 is 18.3 Å². The van der Waals surface area contributed by atoms with E-state index in [4.69, 9.17) is 13.9 Å². The Balaban J connectivity index is 1.47. The van der Waals surface area contributed by atoms with Crippen molar-refractivity contribution in [2.45, 2.75) is 13.0 Å². The van der Waals surface area contributed by atoms with Crippen molar-refractivity contribution in [3.8, 4) is 22.6 Å². The molecule has 5 nitrogen and oxygen atoms in total. The monoisotopic (exact) mass is 431 g/mol. The van der Waals surface area contributed by atoms with Gasteiger partial charge in [0.15, 0.2) is 0 Å². The third-order valence-corrected chi connectivity index (χ3v) is 5.79. The first-order chi connectivity index (χ1) is 15.6. The number of benzene rings is 3. The standard InChI is InChI=1S/C26H22FNO4/c1-30-20-8-4-18(5-9-20)22-14-25(29)32-26-21(22)10-11-24-23(26)15-28(16-31-24)13-12-17-2-6-19(27)7-3-17/h2-11,14H,12-13,15-16H2,1H3. The lowest BCUT2D eigenvalue weighted by Gasteiger charge is -2.29. The Labute approximate surface area is 184 Å². The fraction of sp³-hybridized carbons (Fsp3) is 0.192. The Morgan fingerprint density at radius 1 is 1.03 bits per heavy atom. The predicted molar refractivity (Wildman–Crippen MR) is 120 cm³/mol. The van der Waals surface area contributed by atoms with Crippen LogP contribution in [-0.4, -0.2) is 25.3 Å². The molecule has 0 amide bonds. The van der Waals surface area contributed by atoms with Crippen molar-refractivity contribution in [1.29, 1.82) is 0 Å². The first kappa shape index (κ1) is 20.3. The van der Waals surface area contributed by atoms with Crippen LogP contribution in [0.2, 0.25) is 0 Å². The average molecular weight is 431 g/mol. The third kappa shape index (κ3) is 3.97. The van der Waals surface area contributed by atoms with Gasteiger partial charge in [-0.05, 0) is 59.5 Å². The van der Waals surface area contributed by atoms with Gasteiger partial charge in [-0.3, -0.25) is 4.90 Å². The highest BCUT2D eigenvalue weighted by Gasteiger charge is 2.22. The summed E-state index contributed by atoms with van der Waals surface area (Å²) in [5.41, 5.74) is 3.79. The molecular weight excluding hydrogens is 409 g/mol. The predicted octanol–water partition coefficient (Wildman–Crippen LogP) is 5.00. The summed E-state index contributed by atoms with van der Waals surface area (Å²) in [6.45, 7) is 1.79. The molecule has 0 atom stereocenters. The molecule has 1 aliphatic heterocycles. The summed E-state index contributed by atoms with van der Waals surface area (Å²) in [5.74, 6) is 1.24. The lowest BCUT2D eigenvalue weighted by molar-refractivity contribution is 0.0968. The number of ether oxygens (including phenoxy) is 2. The van der Waals surface area contributed by atoms with Crippen LogP contribution < -0.4 is 15.1 Å². The smallest absolute Gasteiger partial charge is 0.336 e. The number of halogens is 1. The van der Waals surface area contributed by atoms with Gasteiger partial charge in [0.2, 0.25) is 0 Å². The molecule has 1 aliphatic rings. The van der Waals surface area contributed by atoms with Gasteiger partial charge in [0.25, 0.3) is 0 Å². The van der Waals surface area contributed by atoms with Crippen LogP contribution >= 0.6 is 0 Å². The summed E-state index contributed by atoms with van der Waals surface area (Å²) in [6.07, 6.45) is 0.769. The number of fused-ring (bicyclic) bond motifs is 3. The normalized spacial score (nSPS) is 13.6. The molecule has 2 heterocycles. The van der Waals surface area contributed by atoms with Crippen molar-refractivity contribution in [1.82, 2.24) is 4.90 Å². The summed E-state index contributed by atoms with van der Waals surface area (Å²) in [5, 5.41) is 0.859. The minimum absolute atomic E-state index is 0.238. The molecule has 6 heteroatoms. The van der Waals surface area contributed by atoms with Crippen LogP contribution in [0.4, 0.5) is 4.39 Å². The van der Waals surface area contributed by atoms with E-state index in [0.717, 1.165) is 52.1 Å². The quantitative estimate of drug-likeness (QED) is 0.416. The zero-order chi connectivity index (χ0) is 22.1. The number of methoxy groups -OCH3 is 1. The maximum atomic E-state index is 13.1. The first-order valence-corrected chi connectivity index (χ1v) is 10.4. The van der Waals surface area contributed by atoms with E-state index in [0.29, 0.717) is 18.9 Å². The van der Waals surface area contributed by atoms with E-state index < -0.39 is 5.63 Å². The Hall–Kier alpha value is -3.64. The maximum Gasteiger partial charge on any atom is 0.336 e. The molecule has 1 aromatic heterocycles. The van der Waals surface area contributed by atoms with Gasteiger partial charge in [0.1, 0.15) is 29.6 Å². The Kier molecular flexibility index (Phi) is 5.37. The largest absolute Gasteiger partial charge is 0.497 e. The van der Waals surface area contributed by atoms with Crippen molar-refractivity contribution in [3.63, 3.8) is 0 Å². The summed E-state index contributed by atoms with van der Waals surface area (Å²) in [7, 11) is 1.62. The average Bonchev–Trinajstić information content (AvgIpc) is 2.83. The fourth-order valence-corrected chi connectivity index (χ4v) is 4.07. The molecule has 0 saturated carbocycles. The van der Waals surface area contributed by atoms with E-state index >= 15 is 0 Å². The van der Waals surface area contributed by atoms with Gasteiger partial charge < -0.3 is 13.9 Å². The zero-order valence-corrected chi connectivity index (χ0v) is 17.6. The number of hydrogen-bond donors (Lipinski definition) is 0. The third-order valence-electron chi connectivity index (χ3n) is 5.79. The van der Waals surface area contributed by atoms with Crippen LogP contribution in [0.15, 0.2) is 75.9 Å². The molecule has 0 bridgehead atoms. The Morgan fingerprint density at radius 2 is 1.81 bits per heavy atom. The van der Waals surface area contributed by atoms with Gasteiger partial charge in [-0.25, -0.2) is 9.18 Å². The van der Waals surface area contributed by atoms with E-state index in [1.165, 1.54) is 18.2 Å². The van der Waals surface area contributed by atoms with E-state index in [2.05, 4.69) is 4.90 Å². The van der Waals surface area contributed by atoms with Gasteiger partial charge in [-0.15, -0.1) is 0 Å². The van der Waals surface area contributed by atoms with E-state index in [9.17, 15) is 9.18 Å². The molecule has 32 heavy (non-hydrogen) atoms. The molecule has 0 N–H and O–H groups in total. The van der Waals surface area contributed by atoms with Crippen LogP contribution in [0.1, 0.15) is 11.1 Å². The zero-order valence-electron chi connectivity index (χ0n) is 17.6. The fourth-order valence-electron chi connectivity index (χ4n) is 4.07. The summed E-state index contributed by atoms with van der Waals surface area (Å²) in [6, 6.07) is 19.5. The van der Waals surface area contributed by atoms with Crippen molar-refractivity contribution >= 4 is 11.0 Å². The number of rotatable bonds is 5. The molecule has 5 rings (SSSR count). The van der Waals surface area contributed by atoms with Crippen molar-refractivity contribution in [3.05, 3.63) is 94.1 Å². The minimum Gasteiger partial charge on any atom is -0.497 e. The van der Waals surface area contributed by atoms with E-state index in [1.54, 1.807) is 19.2 Å². The highest BCUT2D eigenvalue weighted by molar-refractivity contribution is 5.95. The lowest BCUT2D eigenvalue weighted by Crippen LogP contribution is -2.33. The lowest BCUT2D eigenvalue weighted by atomic mass is 9.99. The molecular formula is C26H22FNO4. The summed E-state index contributed by atoms with van der Waals surface area (Å²) < 4.78 is 30.0. The van der Waals surface area contributed by atoms with Gasteiger partial charge in [0, 0.05) is 24.5 Å². The summed E-state index contributed by atoms with van der Waals surface area (Å²) >= 11 is 0. The van der Waals surface area contributed by atoms with Crippen LogP contribution in [0.25, 0.3) is 22.1 Å². The molecule has 0 saturated heterocycles. The number of hydrogen-bond acceptors (Lipinski definition) is 5. The second-order valence-corrected chi connectivity index (χ2v) is 7.83. The van der Waals surface area contributed by atoms with E-state index in [1.807, 2.05) is 36.4 Å². The van der Waals surface area contributed by atoms with Crippen LogP contribution in [0, 0.1) is 5.82 Å². The van der Waals surface area contributed by atoms with Crippen molar-refractivity contribution in [2.75, 3.05) is 20.4 Å². The van der Waals surface area contributed by atoms with Gasteiger partial charge in [-0.2, -0.15) is 0 Å². The highest BCUT2D eigenvalue weighted by atomic mass is 19.1. The molecule has 4 aromatic rings. The second kappa shape index (κ2) is 8.48. The molecule has 0 spiro atoms. The Morgan fingerprint density at radius 3 is 2.56 bits per heavy atom. The molecule has 0 aliphatic carbocycles. The summed E-state index contributed by atoms with van der Waals surface area (Å²) in [4.78, 5) is 14.6. The second-order valence-electron chi connectivity index (χ2n) is 7.83. The van der Waals surface area contributed by atoms with Gasteiger partial charge in [-0.1, -0.05) is 24.3 Å². The number of nitrogens with zero attached hydrogens (tertiary/aromatic N) is 1. The topological polar surface area (TPSA) is 51.9 Å². The molecule has 3 aromatic carbocycles.